The van der Waals surface area contributed by atoms with Gasteiger partial charge in [0.1, 0.15) is 17.3 Å². The molecule has 3 aromatic rings. The van der Waals surface area contributed by atoms with Gasteiger partial charge in [0, 0.05) is 16.8 Å². The molecule has 202 valence electrons. The maximum atomic E-state index is 13.5. The third-order valence-electron chi connectivity index (χ3n) is 6.57. The fourth-order valence-electron chi connectivity index (χ4n) is 4.59. The zero-order chi connectivity index (χ0) is 27.9. The van der Waals surface area contributed by atoms with Gasteiger partial charge >= 0.3 is 5.97 Å². The Balaban J connectivity index is 1.81. The van der Waals surface area contributed by atoms with Crippen LogP contribution in [0.3, 0.4) is 0 Å². The Morgan fingerprint density at radius 1 is 0.923 bits per heavy atom. The number of Topliss-reactive ketones (excluding diaryl/α,β-unsaturated/α-hetero) is 1. The minimum absolute atomic E-state index is 0.0930. The molecule has 4 rings (SSSR count). The monoisotopic (exact) mass is 529 g/mol. The zero-order valence-electron chi connectivity index (χ0n) is 22.2. The van der Waals surface area contributed by atoms with Crippen molar-refractivity contribution < 1.29 is 33.7 Å². The van der Waals surface area contributed by atoms with E-state index in [0.717, 1.165) is 19.3 Å². The number of esters is 1. The van der Waals surface area contributed by atoms with Crippen LogP contribution in [0.25, 0.3) is 5.76 Å². The van der Waals surface area contributed by atoms with E-state index in [1.807, 2.05) is 0 Å². The number of para-hydroxylation sites is 1. The molecule has 1 fully saturated rings. The summed E-state index contributed by atoms with van der Waals surface area (Å²) in [6.07, 6.45) is 3.11. The molecule has 1 saturated heterocycles. The van der Waals surface area contributed by atoms with Gasteiger partial charge in [-0.2, -0.15) is 0 Å². The van der Waals surface area contributed by atoms with Crippen molar-refractivity contribution in [1.29, 1.82) is 0 Å². The fourth-order valence-corrected chi connectivity index (χ4v) is 4.59. The van der Waals surface area contributed by atoms with Gasteiger partial charge in [0.25, 0.3) is 11.7 Å². The minimum atomic E-state index is -1.01. The third-order valence-corrected chi connectivity index (χ3v) is 6.57. The summed E-state index contributed by atoms with van der Waals surface area (Å²) in [6.45, 7) is 2.71. The Kier molecular flexibility index (Phi) is 8.66. The third kappa shape index (κ3) is 5.65. The summed E-state index contributed by atoms with van der Waals surface area (Å²) in [7, 11) is 2.75. The molecule has 1 unspecified atom stereocenters. The summed E-state index contributed by atoms with van der Waals surface area (Å²) in [6, 6.07) is 18.9. The summed E-state index contributed by atoms with van der Waals surface area (Å²) in [5.74, 6) is -1.53. The summed E-state index contributed by atoms with van der Waals surface area (Å²) in [5.41, 5.74) is 1.28. The van der Waals surface area contributed by atoms with Crippen LogP contribution in [0.2, 0.25) is 0 Å². The number of ketones is 1. The number of carbonyl (C=O) groups is 3. The van der Waals surface area contributed by atoms with Gasteiger partial charge in [0.15, 0.2) is 0 Å². The molecular formula is C31H31NO7. The van der Waals surface area contributed by atoms with E-state index in [2.05, 4.69) is 6.92 Å². The summed E-state index contributed by atoms with van der Waals surface area (Å²) >= 11 is 0. The van der Waals surface area contributed by atoms with Crippen LogP contribution in [-0.2, 0) is 14.3 Å². The Morgan fingerprint density at radius 2 is 1.67 bits per heavy atom. The first-order valence-corrected chi connectivity index (χ1v) is 12.8. The van der Waals surface area contributed by atoms with Gasteiger partial charge in [-0.1, -0.05) is 44.0 Å². The number of nitrogens with zero attached hydrogens (tertiary/aromatic N) is 1. The zero-order valence-corrected chi connectivity index (χ0v) is 22.2. The molecule has 1 heterocycles. The fraction of sp³-hybridized carbons (Fsp3) is 0.258. The van der Waals surface area contributed by atoms with Crippen molar-refractivity contribution in [3.63, 3.8) is 0 Å². The van der Waals surface area contributed by atoms with Gasteiger partial charge in [-0.05, 0) is 55.0 Å². The second-order valence-corrected chi connectivity index (χ2v) is 9.03. The van der Waals surface area contributed by atoms with E-state index in [0.29, 0.717) is 34.9 Å². The Hall–Kier alpha value is -4.59. The highest BCUT2D eigenvalue weighted by molar-refractivity contribution is 6.51. The maximum Gasteiger partial charge on any atom is 0.337 e. The highest BCUT2D eigenvalue weighted by Gasteiger charge is 2.48. The number of aliphatic hydroxyl groups excluding tert-OH is 1. The average Bonchev–Trinajstić information content (AvgIpc) is 3.24. The average molecular weight is 530 g/mol. The first-order chi connectivity index (χ1) is 18.9. The van der Waals surface area contributed by atoms with Crippen LogP contribution < -0.4 is 14.4 Å². The van der Waals surface area contributed by atoms with Gasteiger partial charge in [-0.25, -0.2) is 4.79 Å². The topological polar surface area (TPSA) is 102 Å². The van der Waals surface area contributed by atoms with E-state index >= 15 is 0 Å². The lowest BCUT2D eigenvalue weighted by molar-refractivity contribution is -0.132. The molecule has 0 radical (unpaired) electrons. The van der Waals surface area contributed by atoms with E-state index in [4.69, 9.17) is 14.2 Å². The Morgan fingerprint density at radius 3 is 2.36 bits per heavy atom. The lowest BCUT2D eigenvalue weighted by Crippen LogP contribution is -2.29. The molecule has 0 bridgehead atoms. The largest absolute Gasteiger partial charge is 0.507 e. The van der Waals surface area contributed by atoms with E-state index < -0.39 is 23.7 Å². The number of benzene rings is 3. The lowest BCUT2D eigenvalue weighted by Gasteiger charge is -2.27. The van der Waals surface area contributed by atoms with Gasteiger partial charge < -0.3 is 19.3 Å². The van der Waals surface area contributed by atoms with Crippen LogP contribution in [-0.4, -0.2) is 43.6 Å². The Labute approximate surface area is 227 Å². The van der Waals surface area contributed by atoms with E-state index in [1.54, 1.807) is 66.7 Å². The first kappa shape index (κ1) is 27.4. The predicted octanol–water partition coefficient (Wildman–Crippen LogP) is 5.68. The SMILES string of the molecule is CCCCCOc1ccc(/C(O)=C2\C(=O)C(=O)N(c3cccc(C(=O)OC)c3)C2c2ccccc2OC)cc1. The van der Waals surface area contributed by atoms with Crippen LogP contribution in [0.5, 0.6) is 11.5 Å². The molecule has 1 aliphatic rings. The standard InChI is InChI=1S/C31H31NO7/c1-4-5-8-18-39-23-16-14-20(15-17-23)28(33)26-27(24-12-6-7-13-25(24)37-2)32(30(35)29(26)34)22-11-9-10-21(19-22)31(36)38-3/h6-7,9-17,19,27,33H,4-5,8,18H2,1-3H3/b28-26+. The highest BCUT2D eigenvalue weighted by Crippen LogP contribution is 2.45. The maximum absolute atomic E-state index is 13.5. The molecular weight excluding hydrogens is 498 g/mol. The number of hydrogen-bond donors (Lipinski definition) is 1. The van der Waals surface area contributed by atoms with Gasteiger partial charge in [0.05, 0.1) is 38.0 Å². The predicted molar refractivity (Wildman–Crippen MR) is 147 cm³/mol. The van der Waals surface area contributed by atoms with Gasteiger partial charge in [-0.3, -0.25) is 14.5 Å². The van der Waals surface area contributed by atoms with Crippen LogP contribution in [0.15, 0.2) is 78.4 Å². The van der Waals surface area contributed by atoms with Gasteiger partial charge in [0.2, 0.25) is 0 Å². The number of anilines is 1. The number of aliphatic hydroxyl groups is 1. The normalized spacial score (nSPS) is 16.3. The number of methoxy groups -OCH3 is 2. The van der Waals surface area contributed by atoms with Crippen molar-refractivity contribution in [2.24, 2.45) is 0 Å². The second-order valence-electron chi connectivity index (χ2n) is 9.03. The summed E-state index contributed by atoms with van der Waals surface area (Å²) in [4.78, 5) is 40.4. The quantitative estimate of drug-likeness (QED) is 0.119. The molecule has 8 nitrogen and oxygen atoms in total. The number of ether oxygens (including phenoxy) is 3. The van der Waals surface area contributed by atoms with Crippen molar-refractivity contribution in [2.75, 3.05) is 25.7 Å². The molecule has 39 heavy (non-hydrogen) atoms. The molecule has 1 aliphatic heterocycles. The van der Waals surface area contributed by atoms with E-state index in [9.17, 15) is 19.5 Å². The van der Waals surface area contributed by atoms with Crippen molar-refractivity contribution in [1.82, 2.24) is 0 Å². The van der Waals surface area contributed by atoms with Crippen molar-refractivity contribution >= 4 is 29.1 Å². The van der Waals surface area contributed by atoms with Crippen LogP contribution in [0, 0.1) is 0 Å². The van der Waals surface area contributed by atoms with Gasteiger partial charge in [-0.15, -0.1) is 0 Å². The minimum Gasteiger partial charge on any atom is -0.507 e. The molecule has 0 saturated carbocycles. The molecule has 0 aromatic heterocycles. The molecule has 3 aromatic carbocycles. The Bertz CT molecular complexity index is 1390. The lowest BCUT2D eigenvalue weighted by atomic mass is 9.94. The molecule has 0 spiro atoms. The number of rotatable bonds is 10. The summed E-state index contributed by atoms with van der Waals surface area (Å²) in [5, 5.41) is 11.4. The van der Waals surface area contributed by atoms with Crippen LogP contribution >= 0.6 is 0 Å². The van der Waals surface area contributed by atoms with Crippen molar-refractivity contribution in [3.05, 3.63) is 95.1 Å². The number of carbonyl (C=O) groups excluding carboxylic acids is 3. The number of hydrogen-bond acceptors (Lipinski definition) is 7. The molecule has 0 aliphatic carbocycles. The molecule has 1 atom stereocenters. The van der Waals surface area contributed by atoms with Crippen LogP contribution in [0.4, 0.5) is 5.69 Å². The smallest absolute Gasteiger partial charge is 0.337 e. The highest BCUT2D eigenvalue weighted by atomic mass is 16.5. The molecule has 8 heteroatoms. The number of amides is 1. The van der Waals surface area contributed by atoms with Crippen molar-refractivity contribution in [3.8, 4) is 11.5 Å². The number of unbranched alkanes of at least 4 members (excludes halogenated alkanes) is 2. The van der Waals surface area contributed by atoms with E-state index in [-0.39, 0.29) is 16.9 Å². The van der Waals surface area contributed by atoms with Crippen LogP contribution in [0.1, 0.15) is 53.7 Å². The first-order valence-electron chi connectivity index (χ1n) is 12.8. The molecule has 1 N–H and O–H groups in total. The van der Waals surface area contributed by atoms with Crippen molar-refractivity contribution in [2.45, 2.75) is 32.2 Å². The molecule has 1 amide bonds. The summed E-state index contributed by atoms with van der Waals surface area (Å²) < 4.78 is 16.1. The van der Waals surface area contributed by atoms with E-state index in [1.165, 1.54) is 25.2 Å². The second kappa shape index (κ2) is 12.3.